The van der Waals surface area contributed by atoms with Crippen molar-refractivity contribution in [1.29, 1.82) is 0 Å². The molecule has 122 valence electrons. The van der Waals surface area contributed by atoms with Crippen molar-refractivity contribution in [3.05, 3.63) is 45.9 Å². The van der Waals surface area contributed by atoms with Crippen molar-refractivity contribution in [2.75, 3.05) is 17.2 Å². The fourth-order valence-electron chi connectivity index (χ4n) is 2.68. The number of amides is 1. The van der Waals surface area contributed by atoms with Crippen LogP contribution >= 0.6 is 11.3 Å². The lowest BCUT2D eigenvalue weighted by molar-refractivity contribution is -0.116. The van der Waals surface area contributed by atoms with Crippen LogP contribution in [-0.2, 0) is 27.8 Å². The molecule has 2 aromatic rings. The Morgan fingerprint density at radius 3 is 2.91 bits per heavy atom. The minimum absolute atomic E-state index is 0.0584. The first-order valence-corrected chi connectivity index (χ1v) is 10.1. The van der Waals surface area contributed by atoms with E-state index in [9.17, 15) is 9.00 Å². The molecule has 1 aromatic heterocycles. The Bertz CT molecular complexity index is 740. The number of para-hydroxylation sites is 1. The van der Waals surface area contributed by atoms with Gasteiger partial charge in [-0.15, -0.1) is 11.3 Å². The van der Waals surface area contributed by atoms with Crippen LogP contribution < -0.4 is 4.90 Å². The lowest BCUT2D eigenvalue weighted by Gasteiger charge is -2.16. The Kier molecular flexibility index (Phi) is 4.92. The van der Waals surface area contributed by atoms with Crippen LogP contribution in [0.25, 0.3) is 0 Å². The van der Waals surface area contributed by atoms with Gasteiger partial charge in [-0.25, -0.2) is 4.98 Å². The normalized spacial score (nSPS) is 15.0. The lowest BCUT2D eigenvalue weighted by atomic mass is 10.2. The SMILES string of the molecule is CC(C)c1nc(C[S@](=O)CC(=O)N2CCc3ccccc32)cs1. The van der Waals surface area contributed by atoms with Crippen molar-refractivity contribution in [1.82, 2.24) is 4.98 Å². The molecule has 0 N–H and O–H groups in total. The van der Waals surface area contributed by atoms with Gasteiger partial charge in [0.2, 0.25) is 5.91 Å². The molecule has 6 heteroatoms. The maximum absolute atomic E-state index is 12.4. The molecule has 0 saturated carbocycles. The Labute approximate surface area is 143 Å². The molecule has 1 aliphatic rings. The molecule has 4 nitrogen and oxygen atoms in total. The minimum atomic E-state index is -1.22. The average molecular weight is 348 g/mol. The predicted octanol–water partition coefficient (Wildman–Crippen LogP) is 3.10. The largest absolute Gasteiger partial charge is 0.311 e. The molecular weight excluding hydrogens is 328 g/mol. The summed E-state index contributed by atoms with van der Waals surface area (Å²) >= 11 is 1.59. The number of thiazole rings is 1. The van der Waals surface area contributed by atoms with Crippen LogP contribution in [0.1, 0.15) is 36.0 Å². The number of aromatic nitrogens is 1. The Morgan fingerprint density at radius 2 is 2.17 bits per heavy atom. The number of carbonyl (C=O) groups is 1. The van der Waals surface area contributed by atoms with Crippen LogP contribution in [0.5, 0.6) is 0 Å². The van der Waals surface area contributed by atoms with Gasteiger partial charge in [-0.2, -0.15) is 0 Å². The second-order valence-corrected chi connectivity index (χ2v) is 8.33. The molecule has 0 radical (unpaired) electrons. The van der Waals surface area contributed by atoms with Gasteiger partial charge in [-0.3, -0.25) is 9.00 Å². The van der Waals surface area contributed by atoms with Gasteiger partial charge in [0.15, 0.2) is 0 Å². The monoisotopic (exact) mass is 348 g/mol. The van der Waals surface area contributed by atoms with Crippen molar-refractivity contribution < 1.29 is 9.00 Å². The zero-order chi connectivity index (χ0) is 16.4. The Balaban J connectivity index is 1.61. The van der Waals surface area contributed by atoms with Gasteiger partial charge in [0.1, 0.15) is 5.75 Å². The summed E-state index contributed by atoms with van der Waals surface area (Å²) in [5.74, 6) is 0.727. The summed E-state index contributed by atoms with van der Waals surface area (Å²) in [6.07, 6.45) is 0.873. The van der Waals surface area contributed by atoms with Crippen LogP contribution in [0.3, 0.4) is 0 Å². The highest BCUT2D eigenvalue weighted by Crippen LogP contribution is 2.27. The topological polar surface area (TPSA) is 50.3 Å². The van der Waals surface area contributed by atoms with Crippen molar-refractivity contribution in [2.24, 2.45) is 0 Å². The van der Waals surface area contributed by atoms with E-state index in [1.165, 1.54) is 5.56 Å². The predicted molar refractivity (Wildman–Crippen MR) is 95.4 cm³/mol. The standard InChI is InChI=1S/C17H20N2O2S2/c1-12(2)17-18-14(9-22-17)10-23(21)11-16(20)19-8-7-13-5-3-4-6-15(13)19/h3-6,9,12H,7-8,10-11H2,1-2H3/t23-/m0/s1. The van der Waals surface area contributed by atoms with E-state index in [2.05, 4.69) is 18.8 Å². The molecule has 0 fully saturated rings. The van der Waals surface area contributed by atoms with E-state index in [0.717, 1.165) is 22.8 Å². The average Bonchev–Trinajstić information content (AvgIpc) is 3.13. The Morgan fingerprint density at radius 1 is 1.39 bits per heavy atom. The fourth-order valence-corrected chi connectivity index (χ4v) is 4.63. The minimum Gasteiger partial charge on any atom is -0.311 e. The number of anilines is 1. The molecule has 0 spiro atoms. The molecule has 23 heavy (non-hydrogen) atoms. The summed E-state index contributed by atoms with van der Waals surface area (Å²) in [6, 6.07) is 7.92. The third-order valence-corrected chi connectivity index (χ3v) is 6.23. The highest BCUT2D eigenvalue weighted by atomic mass is 32.2. The van der Waals surface area contributed by atoms with E-state index >= 15 is 0 Å². The molecule has 0 aliphatic carbocycles. The molecule has 1 aliphatic heterocycles. The maximum Gasteiger partial charge on any atom is 0.239 e. The first kappa shape index (κ1) is 16.3. The van der Waals surface area contributed by atoms with Crippen LogP contribution in [0.2, 0.25) is 0 Å². The Hall–Kier alpha value is -1.53. The summed E-state index contributed by atoms with van der Waals surface area (Å²) in [4.78, 5) is 18.7. The summed E-state index contributed by atoms with van der Waals surface area (Å²) in [5.41, 5.74) is 2.98. The number of hydrogen-bond donors (Lipinski definition) is 0. The highest BCUT2D eigenvalue weighted by molar-refractivity contribution is 7.85. The first-order valence-electron chi connectivity index (χ1n) is 7.72. The molecule has 0 bridgehead atoms. The van der Waals surface area contributed by atoms with E-state index in [0.29, 0.717) is 18.2 Å². The van der Waals surface area contributed by atoms with Crippen LogP contribution in [0.4, 0.5) is 5.69 Å². The molecular formula is C17H20N2O2S2. The number of nitrogens with zero attached hydrogens (tertiary/aromatic N) is 2. The highest BCUT2D eigenvalue weighted by Gasteiger charge is 2.25. The van der Waals surface area contributed by atoms with Crippen molar-refractivity contribution >= 4 is 33.7 Å². The summed E-state index contributed by atoms with van der Waals surface area (Å²) in [7, 11) is -1.22. The molecule has 1 aromatic carbocycles. The van der Waals surface area contributed by atoms with Gasteiger partial charge in [-0.1, -0.05) is 32.0 Å². The lowest BCUT2D eigenvalue weighted by Crippen LogP contribution is -2.33. The molecule has 2 heterocycles. The summed E-state index contributed by atoms with van der Waals surface area (Å²) in [5, 5.41) is 3.00. The fraction of sp³-hybridized carbons (Fsp3) is 0.412. The van der Waals surface area contributed by atoms with E-state index in [1.54, 1.807) is 16.2 Å². The molecule has 0 unspecified atom stereocenters. The van der Waals surface area contributed by atoms with E-state index in [4.69, 9.17) is 0 Å². The number of hydrogen-bond acceptors (Lipinski definition) is 4. The van der Waals surface area contributed by atoms with Crippen molar-refractivity contribution in [3.63, 3.8) is 0 Å². The van der Waals surface area contributed by atoms with Gasteiger partial charge >= 0.3 is 0 Å². The zero-order valence-electron chi connectivity index (χ0n) is 13.3. The van der Waals surface area contributed by atoms with Gasteiger partial charge in [0, 0.05) is 34.3 Å². The number of carbonyl (C=O) groups excluding carboxylic acids is 1. The van der Waals surface area contributed by atoms with E-state index < -0.39 is 10.8 Å². The molecule has 1 atom stereocenters. The van der Waals surface area contributed by atoms with Crippen molar-refractivity contribution in [2.45, 2.75) is 31.9 Å². The molecule has 3 rings (SSSR count). The van der Waals surface area contributed by atoms with Gasteiger partial charge in [0.05, 0.1) is 16.5 Å². The summed E-state index contributed by atoms with van der Waals surface area (Å²) in [6.45, 7) is 4.87. The van der Waals surface area contributed by atoms with Crippen molar-refractivity contribution in [3.8, 4) is 0 Å². The van der Waals surface area contributed by atoms with Crippen LogP contribution in [0, 0.1) is 0 Å². The third kappa shape index (κ3) is 3.70. The smallest absolute Gasteiger partial charge is 0.239 e. The zero-order valence-corrected chi connectivity index (χ0v) is 15.0. The van der Waals surface area contributed by atoms with E-state index in [-0.39, 0.29) is 11.7 Å². The molecule has 1 amide bonds. The second-order valence-electron chi connectivity index (χ2n) is 5.98. The van der Waals surface area contributed by atoms with Crippen LogP contribution in [0.15, 0.2) is 29.6 Å². The van der Waals surface area contributed by atoms with Gasteiger partial charge < -0.3 is 4.90 Å². The van der Waals surface area contributed by atoms with Crippen LogP contribution in [-0.4, -0.2) is 27.4 Å². The first-order chi connectivity index (χ1) is 11.0. The van der Waals surface area contributed by atoms with E-state index in [1.807, 2.05) is 29.6 Å². The second kappa shape index (κ2) is 6.93. The quantitative estimate of drug-likeness (QED) is 0.834. The summed E-state index contributed by atoms with van der Waals surface area (Å²) < 4.78 is 12.3. The van der Waals surface area contributed by atoms with Gasteiger partial charge in [0.25, 0.3) is 0 Å². The third-order valence-electron chi connectivity index (χ3n) is 3.84. The number of rotatable bonds is 5. The van der Waals surface area contributed by atoms with Gasteiger partial charge in [-0.05, 0) is 18.1 Å². The maximum atomic E-state index is 12.4. The molecule has 0 saturated heterocycles. The number of fused-ring (bicyclic) bond motifs is 1. The number of benzene rings is 1.